The van der Waals surface area contributed by atoms with E-state index in [-0.39, 0.29) is 11.9 Å². The molecule has 1 aliphatic carbocycles. The molecule has 2 N–H and O–H groups in total. The van der Waals surface area contributed by atoms with Gasteiger partial charge in [-0.25, -0.2) is 0 Å². The number of nitrogens with two attached hydrogens (primary N) is 1. The Balaban J connectivity index is 1.80. The van der Waals surface area contributed by atoms with Gasteiger partial charge in [0.05, 0.1) is 19.8 Å². The highest BCUT2D eigenvalue weighted by Crippen LogP contribution is 2.37. The zero-order chi connectivity index (χ0) is 15.7. The summed E-state index contributed by atoms with van der Waals surface area (Å²) in [5.74, 6) is 2.27. The molecule has 0 aromatic heterocycles. The molecule has 22 heavy (non-hydrogen) atoms. The van der Waals surface area contributed by atoms with Crippen LogP contribution in [0.15, 0.2) is 18.2 Å². The van der Waals surface area contributed by atoms with Crippen molar-refractivity contribution in [2.75, 3.05) is 27.3 Å². The number of hydrogen-bond donors (Lipinski definition) is 1. The number of ether oxygens (including phenoxy) is 2. The summed E-state index contributed by atoms with van der Waals surface area (Å²) in [6.45, 7) is 1.58. The smallest absolute Gasteiger partial charge is 0.257 e. The Labute approximate surface area is 131 Å². The minimum absolute atomic E-state index is 0.0288. The molecule has 1 saturated heterocycles. The number of rotatable bonds is 3. The molecule has 2 aliphatic rings. The quantitative estimate of drug-likeness (QED) is 0.926. The highest BCUT2D eigenvalue weighted by atomic mass is 16.5. The molecule has 3 unspecified atom stereocenters. The van der Waals surface area contributed by atoms with Gasteiger partial charge in [-0.3, -0.25) is 4.79 Å². The lowest BCUT2D eigenvalue weighted by Crippen LogP contribution is -2.38. The van der Waals surface area contributed by atoms with Crippen LogP contribution in [0.4, 0.5) is 0 Å². The first-order valence-corrected chi connectivity index (χ1v) is 7.91. The minimum atomic E-state index is 0.0288. The van der Waals surface area contributed by atoms with Crippen LogP contribution in [-0.2, 0) is 0 Å². The standard InChI is InChI=1S/C17H24N2O3/c1-21-12-6-7-13(16(8-12)22-2)17(20)19-9-11-4-3-5-15(18)14(11)10-19/h6-8,11,14-15H,3-5,9-10,18H2,1-2H3. The predicted molar refractivity (Wildman–Crippen MR) is 84.3 cm³/mol. The molecule has 0 radical (unpaired) electrons. The predicted octanol–water partition coefficient (Wildman–Crippen LogP) is 1.90. The second-order valence-electron chi connectivity index (χ2n) is 6.30. The maximum absolute atomic E-state index is 12.8. The van der Waals surface area contributed by atoms with E-state index in [1.54, 1.807) is 32.4 Å². The summed E-state index contributed by atoms with van der Waals surface area (Å²) in [4.78, 5) is 14.8. The van der Waals surface area contributed by atoms with Gasteiger partial charge in [0.15, 0.2) is 0 Å². The fourth-order valence-corrected chi connectivity index (χ4v) is 3.83. The van der Waals surface area contributed by atoms with Gasteiger partial charge in [0, 0.05) is 25.2 Å². The number of fused-ring (bicyclic) bond motifs is 1. The summed E-state index contributed by atoms with van der Waals surface area (Å²) in [6, 6.07) is 5.56. The Morgan fingerprint density at radius 1 is 1.23 bits per heavy atom. The summed E-state index contributed by atoms with van der Waals surface area (Å²) in [5, 5.41) is 0. The van der Waals surface area contributed by atoms with Crippen molar-refractivity contribution >= 4 is 5.91 Å². The molecule has 1 heterocycles. The van der Waals surface area contributed by atoms with E-state index in [2.05, 4.69) is 0 Å². The Morgan fingerprint density at radius 3 is 2.73 bits per heavy atom. The summed E-state index contributed by atoms with van der Waals surface area (Å²) in [5.41, 5.74) is 6.83. The van der Waals surface area contributed by atoms with Crippen molar-refractivity contribution in [2.24, 2.45) is 17.6 Å². The summed E-state index contributed by atoms with van der Waals surface area (Å²) in [6.07, 6.45) is 3.44. The first-order valence-electron chi connectivity index (χ1n) is 7.91. The largest absolute Gasteiger partial charge is 0.497 e. The molecule has 2 fully saturated rings. The average molecular weight is 304 g/mol. The van der Waals surface area contributed by atoms with Crippen LogP contribution in [0.1, 0.15) is 29.6 Å². The normalized spacial score (nSPS) is 27.4. The topological polar surface area (TPSA) is 64.8 Å². The molecule has 120 valence electrons. The van der Waals surface area contributed by atoms with E-state index in [1.807, 2.05) is 4.90 Å². The molecule has 1 aromatic carbocycles. The van der Waals surface area contributed by atoms with E-state index >= 15 is 0 Å². The molecule has 1 amide bonds. The van der Waals surface area contributed by atoms with Gasteiger partial charge in [0.25, 0.3) is 5.91 Å². The lowest BCUT2D eigenvalue weighted by atomic mass is 9.78. The highest BCUT2D eigenvalue weighted by molar-refractivity contribution is 5.97. The molecule has 1 saturated carbocycles. The second-order valence-corrected chi connectivity index (χ2v) is 6.30. The van der Waals surface area contributed by atoms with Crippen molar-refractivity contribution in [3.05, 3.63) is 23.8 Å². The van der Waals surface area contributed by atoms with E-state index in [1.165, 1.54) is 12.8 Å². The van der Waals surface area contributed by atoms with Crippen LogP contribution >= 0.6 is 0 Å². The van der Waals surface area contributed by atoms with Gasteiger partial charge in [-0.05, 0) is 36.8 Å². The minimum Gasteiger partial charge on any atom is -0.497 e. The Hall–Kier alpha value is -1.75. The van der Waals surface area contributed by atoms with Gasteiger partial charge >= 0.3 is 0 Å². The van der Waals surface area contributed by atoms with Crippen LogP contribution < -0.4 is 15.2 Å². The fourth-order valence-electron chi connectivity index (χ4n) is 3.83. The Bertz CT molecular complexity index is 561. The molecule has 0 bridgehead atoms. The molecule has 5 nitrogen and oxygen atoms in total. The Morgan fingerprint density at radius 2 is 2.05 bits per heavy atom. The third-order valence-corrected chi connectivity index (χ3v) is 5.08. The average Bonchev–Trinajstić information content (AvgIpc) is 2.99. The number of nitrogens with zero attached hydrogens (tertiary/aromatic N) is 1. The van der Waals surface area contributed by atoms with E-state index in [0.717, 1.165) is 19.5 Å². The maximum Gasteiger partial charge on any atom is 0.257 e. The van der Waals surface area contributed by atoms with E-state index in [0.29, 0.717) is 28.9 Å². The molecule has 3 atom stereocenters. The van der Waals surface area contributed by atoms with Crippen LogP contribution in [0.25, 0.3) is 0 Å². The van der Waals surface area contributed by atoms with Gasteiger partial charge in [0.1, 0.15) is 11.5 Å². The van der Waals surface area contributed by atoms with Crippen molar-refractivity contribution in [1.82, 2.24) is 4.90 Å². The molecule has 0 spiro atoms. The SMILES string of the molecule is COc1ccc(C(=O)N2CC3CCCC(N)C3C2)c(OC)c1. The number of likely N-dealkylation sites (tertiary alicyclic amines) is 1. The van der Waals surface area contributed by atoms with Crippen molar-refractivity contribution in [3.8, 4) is 11.5 Å². The van der Waals surface area contributed by atoms with E-state index in [4.69, 9.17) is 15.2 Å². The van der Waals surface area contributed by atoms with Crippen LogP contribution in [0.5, 0.6) is 11.5 Å². The molecule has 5 heteroatoms. The van der Waals surface area contributed by atoms with Gasteiger partial charge < -0.3 is 20.1 Å². The van der Waals surface area contributed by atoms with E-state index in [9.17, 15) is 4.79 Å². The number of carbonyl (C=O) groups is 1. The zero-order valence-electron chi connectivity index (χ0n) is 13.2. The van der Waals surface area contributed by atoms with Gasteiger partial charge in [0.2, 0.25) is 0 Å². The molecule has 1 aromatic rings. The first kappa shape index (κ1) is 15.2. The van der Waals surface area contributed by atoms with Gasteiger partial charge in [-0.1, -0.05) is 6.42 Å². The summed E-state index contributed by atoms with van der Waals surface area (Å²) in [7, 11) is 3.17. The molecule has 3 rings (SSSR count). The lowest BCUT2D eigenvalue weighted by Gasteiger charge is -2.29. The molecule has 1 aliphatic heterocycles. The van der Waals surface area contributed by atoms with Crippen molar-refractivity contribution in [3.63, 3.8) is 0 Å². The number of hydrogen-bond acceptors (Lipinski definition) is 4. The first-order chi connectivity index (χ1) is 10.6. The third-order valence-electron chi connectivity index (χ3n) is 5.08. The summed E-state index contributed by atoms with van der Waals surface area (Å²) < 4.78 is 10.5. The molecular weight excluding hydrogens is 280 g/mol. The highest BCUT2D eigenvalue weighted by Gasteiger charge is 2.40. The Kier molecular flexibility index (Phi) is 4.25. The van der Waals surface area contributed by atoms with Crippen LogP contribution in [0, 0.1) is 11.8 Å². The zero-order valence-corrected chi connectivity index (χ0v) is 13.2. The number of methoxy groups -OCH3 is 2. The van der Waals surface area contributed by atoms with Crippen LogP contribution in [-0.4, -0.2) is 44.2 Å². The van der Waals surface area contributed by atoms with Crippen molar-refractivity contribution in [2.45, 2.75) is 25.3 Å². The molecular formula is C17H24N2O3. The van der Waals surface area contributed by atoms with Crippen molar-refractivity contribution < 1.29 is 14.3 Å². The maximum atomic E-state index is 12.8. The van der Waals surface area contributed by atoms with Gasteiger partial charge in [-0.15, -0.1) is 0 Å². The van der Waals surface area contributed by atoms with E-state index < -0.39 is 0 Å². The number of amides is 1. The second kappa shape index (κ2) is 6.16. The number of carbonyl (C=O) groups excluding carboxylic acids is 1. The van der Waals surface area contributed by atoms with Crippen LogP contribution in [0.2, 0.25) is 0 Å². The van der Waals surface area contributed by atoms with Crippen LogP contribution in [0.3, 0.4) is 0 Å². The van der Waals surface area contributed by atoms with Gasteiger partial charge in [-0.2, -0.15) is 0 Å². The summed E-state index contributed by atoms with van der Waals surface area (Å²) >= 11 is 0. The number of benzene rings is 1. The van der Waals surface area contributed by atoms with Crippen molar-refractivity contribution in [1.29, 1.82) is 0 Å². The fraction of sp³-hybridized carbons (Fsp3) is 0.588. The monoisotopic (exact) mass is 304 g/mol. The third kappa shape index (κ3) is 2.65. The lowest BCUT2D eigenvalue weighted by molar-refractivity contribution is 0.0780.